The molecule has 0 aliphatic carbocycles. The number of ether oxygens (including phenoxy) is 1. The number of alkyl halides is 1. The lowest BCUT2D eigenvalue weighted by molar-refractivity contribution is 0.306. The van der Waals surface area contributed by atoms with Gasteiger partial charge in [0.15, 0.2) is 0 Å². The molecule has 0 saturated carbocycles. The first-order valence-corrected chi connectivity index (χ1v) is 9.23. The zero-order valence-corrected chi connectivity index (χ0v) is 15.9. The molecule has 0 bridgehead atoms. The molecule has 0 aromatic heterocycles. The largest absolute Gasteiger partial charge is 0.489 e. The molecule has 0 atom stereocenters. The summed E-state index contributed by atoms with van der Waals surface area (Å²) in [4.78, 5) is 0. The maximum Gasteiger partial charge on any atom is 0.119 e. The summed E-state index contributed by atoms with van der Waals surface area (Å²) in [5, 5.41) is 1.38. The number of halogens is 1. The Morgan fingerprint density at radius 2 is 1.57 bits per heavy atom. The molecule has 3 aromatic rings. The van der Waals surface area contributed by atoms with Gasteiger partial charge >= 0.3 is 0 Å². The summed E-state index contributed by atoms with van der Waals surface area (Å²) >= 11 is 6.09. The summed E-state index contributed by atoms with van der Waals surface area (Å²) < 4.78 is 5.85. The summed E-state index contributed by atoms with van der Waals surface area (Å²) in [5.74, 6) is 1.42. The van der Waals surface area contributed by atoms with Crippen LogP contribution in [0.15, 0.2) is 72.8 Å². The van der Waals surface area contributed by atoms with Crippen molar-refractivity contribution < 1.29 is 4.74 Å². The number of hydrogen-bond acceptors (Lipinski definition) is 1. The van der Waals surface area contributed by atoms with Crippen molar-refractivity contribution in [3.05, 3.63) is 83.9 Å². The molecule has 0 aliphatic heterocycles. The first kappa shape index (κ1) is 15.8. The van der Waals surface area contributed by atoms with Gasteiger partial charge in [0.1, 0.15) is 12.4 Å². The van der Waals surface area contributed by atoms with Gasteiger partial charge in [-0.3, -0.25) is 0 Å². The monoisotopic (exact) mass is 338 g/mol. The van der Waals surface area contributed by atoms with Gasteiger partial charge in [-0.25, -0.2) is 0 Å². The average Bonchev–Trinajstić information content (AvgIpc) is 2.61. The molecule has 3 aromatic carbocycles. The molecular weight excluding hydrogens is 320 g/mol. The van der Waals surface area contributed by atoms with E-state index in [1.807, 2.05) is 30.3 Å². The summed E-state index contributed by atoms with van der Waals surface area (Å²) in [7, 11) is 1.01. The van der Waals surface area contributed by atoms with Crippen LogP contribution >= 0.6 is 11.6 Å². The molecule has 0 spiro atoms. The highest BCUT2D eigenvalue weighted by Crippen LogP contribution is 2.25. The average molecular weight is 339 g/mol. The van der Waals surface area contributed by atoms with E-state index in [0.717, 1.165) is 16.0 Å². The van der Waals surface area contributed by atoms with E-state index >= 15 is 0 Å². The topological polar surface area (TPSA) is 9.23 Å². The van der Waals surface area contributed by atoms with Crippen LogP contribution in [-0.4, -0.2) is 10.2 Å². The second-order valence-electron chi connectivity index (χ2n) is 5.54. The highest BCUT2D eigenvalue weighted by molar-refractivity contribution is 6.36. The number of hydrogen-bond donors (Lipinski definition) is 0. The van der Waals surface area contributed by atoms with Gasteiger partial charge in [0.2, 0.25) is 0 Å². The smallest absolute Gasteiger partial charge is 0.119 e. The molecule has 0 radical (unpaired) electrons. The molecule has 0 heterocycles. The molecule has 0 fully saturated rings. The third kappa shape index (κ3) is 3.84. The van der Waals surface area contributed by atoms with Gasteiger partial charge in [-0.15, -0.1) is 11.6 Å². The summed E-state index contributed by atoms with van der Waals surface area (Å²) in [5.41, 5.74) is 4.85. The lowest BCUT2D eigenvalue weighted by Crippen LogP contribution is -2.08. The molecule has 3 rings (SSSR count). The van der Waals surface area contributed by atoms with Crippen molar-refractivity contribution in [2.24, 2.45) is 0 Å². The Morgan fingerprint density at radius 1 is 0.826 bits per heavy atom. The highest BCUT2D eigenvalue weighted by Gasteiger charge is 2.07. The highest BCUT2D eigenvalue weighted by atomic mass is 35.5. The predicted molar refractivity (Wildman–Crippen MR) is 102 cm³/mol. The van der Waals surface area contributed by atoms with E-state index in [2.05, 4.69) is 42.5 Å². The maximum atomic E-state index is 6.09. The Bertz CT molecular complexity index is 769. The van der Waals surface area contributed by atoms with Crippen molar-refractivity contribution in [1.29, 1.82) is 0 Å². The summed E-state index contributed by atoms with van der Waals surface area (Å²) in [6.45, 7) is 0.588. The van der Waals surface area contributed by atoms with Crippen LogP contribution < -0.4 is 9.92 Å². The molecule has 23 heavy (non-hydrogen) atoms. The molecule has 0 amide bonds. The van der Waals surface area contributed by atoms with Gasteiger partial charge in [-0.1, -0.05) is 65.9 Å². The van der Waals surface area contributed by atoms with Crippen molar-refractivity contribution in [3.63, 3.8) is 0 Å². The Balaban J connectivity index is 1.77. The quantitative estimate of drug-likeness (QED) is 0.509. The SMILES string of the molecule is [SiH3]c1cccc(CCl)c1-c1ccc(OCc2ccccc2)cc1. The second kappa shape index (κ2) is 7.49. The van der Waals surface area contributed by atoms with E-state index in [9.17, 15) is 0 Å². The van der Waals surface area contributed by atoms with Crippen LogP contribution in [0.4, 0.5) is 0 Å². The Kier molecular flexibility index (Phi) is 5.16. The summed E-state index contributed by atoms with van der Waals surface area (Å²) in [6.07, 6.45) is 0. The van der Waals surface area contributed by atoms with Gasteiger partial charge < -0.3 is 4.74 Å². The van der Waals surface area contributed by atoms with Crippen LogP contribution in [0.1, 0.15) is 11.1 Å². The zero-order chi connectivity index (χ0) is 16.1. The lowest BCUT2D eigenvalue weighted by atomic mass is 10.0. The van der Waals surface area contributed by atoms with Gasteiger partial charge in [0, 0.05) is 16.1 Å². The standard InChI is InChI=1S/C20H19ClOSi/c21-13-17-7-4-8-19(23)20(17)16-9-11-18(12-10-16)22-14-15-5-2-1-3-6-15/h1-12H,13-14H2,23H3. The molecule has 0 unspecified atom stereocenters. The molecule has 0 aliphatic rings. The van der Waals surface area contributed by atoms with Crippen LogP contribution in [0.3, 0.4) is 0 Å². The maximum absolute atomic E-state index is 6.09. The second-order valence-corrected chi connectivity index (χ2v) is 6.89. The van der Waals surface area contributed by atoms with Crippen molar-refractivity contribution in [3.8, 4) is 16.9 Å². The van der Waals surface area contributed by atoms with Crippen molar-refractivity contribution in [2.45, 2.75) is 12.5 Å². The predicted octanol–water partition coefficient (Wildman–Crippen LogP) is 3.66. The van der Waals surface area contributed by atoms with Crippen molar-refractivity contribution in [1.82, 2.24) is 0 Å². The lowest BCUT2D eigenvalue weighted by Gasteiger charge is -2.12. The van der Waals surface area contributed by atoms with E-state index in [1.165, 1.54) is 27.4 Å². The molecule has 0 N–H and O–H groups in total. The van der Waals surface area contributed by atoms with Crippen LogP contribution in [0.25, 0.3) is 11.1 Å². The van der Waals surface area contributed by atoms with Gasteiger partial charge in [-0.05, 0) is 34.4 Å². The fourth-order valence-corrected chi connectivity index (χ4v) is 3.74. The van der Waals surface area contributed by atoms with Crippen LogP contribution in [-0.2, 0) is 12.5 Å². The number of rotatable bonds is 5. The van der Waals surface area contributed by atoms with Crippen LogP contribution in [0.2, 0.25) is 0 Å². The first-order valence-electron chi connectivity index (χ1n) is 7.69. The van der Waals surface area contributed by atoms with Crippen LogP contribution in [0, 0.1) is 0 Å². The van der Waals surface area contributed by atoms with Gasteiger partial charge in [0.25, 0.3) is 0 Å². The third-order valence-electron chi connectivity index (χ3n) is 3.89. The summed E-state index contributed by atoms with van der Waals surface area (Å²) in [6, 6.07) is 24.9. The van der Waals surface area contributed by atoms with Crippen molar-refractivity contribution >= 4 is 27.0 Å². The first-order chi connectivity index (χ1) is 11.3. The minimum Gasteiger partial charge on any atom is -0.489 e. The molecule has 116 valence electrons. The van der Waals surface area contributed by atoms with Crippen LogP contribution in [0.5, 0.6) is 5.75 Å². The third-order valence-corrected chi connectivity index (χ3v) is 5.02. The van der Waals surface area contributed by atoms with E-state index in [0.29, 0.717) is 12.5 Å². The normalized spacial score (nSPS) is 10.7. The fourth-order valence-electron chi connectivity index (χ4n) is 2.71. The van der Waals surface area contributed by atoms with E-state index in [4.69, 9.17) is 16.3 Å². The minimum atomic E-state index is 0.539. The Hall–Kier alpha value is -2.03. The van der Waals surface area contributed by atoms with Gasteiger partial charge in [0.05, 0.1) is 0 Å². The molecule has 0 saturated heterocycles. The Morgan fingerprint density at radius 3 is 2.26 bits per heavy atom. The van der Waals surface area contributed by atoms with E-state index < -0.39 is 0 Å². The Labute approximate surface area is 145 Å². The molecule has 3 heteroatoms. The molecular formula is C20H19ClOSi. The fraction of sp³-hybridized carbons (Fsp3) is 0.100. The van der Waals surface area contributed by atoms with Crippen molar-refractivity contribution in [2.75, 3.05) is 0 Å². The number of benzene rings is 3. The molecule has 1 nitrogen and oxygen atoms in total. The van der Waals surface area contributed by atoms with E-state index in [1.54, 1.807) is 0 Å². The van der Waals surface area contributed by atoms with Gasteiger partial charge in [-0.2, -0.15) is 0 Å². The minimum absolute atomic E-state index is 0.539. The zero-order valence-electron chi connectivity index (χ0n) is 13.1. The van der Waals surface area contributed by atoms with E-state index in [-0.39, 0.29) is 0 Å².